The number of pyridine rings is 2. The van der Waals surface area contributed by atoms with Crippen molar-refractivity contribution in [3.63, 3.8) is 0 Å². The molecule has 0 aliphatic carbocycles. The van der Waals surface area contributed by atoms with Gasteiger partial charge < -0.3 is 31.6 Å². The van der Waals surface area contributed by atoms with Gasteiger partial charge >= 0.3 is 0 Å². The number of amides is 1. The molecule has 2 rings (SSSR count). The molecular weight excluding hydrogens is 360 g/mol. The SMILES string of the molecule is CC[C@H](N)[C@@H](C)Nc1ccc(C(N)=O)c(Nc2ccnc(OCCOC)c2)n1. The minimum atomic E-state index is -0.578. The van der Waals surface area contributed by atoms with Gasteiger partial charge in [-0.3, -0.25) is 4.79 Å². The topological polar surface area (TPSA) is 137 Å². The first-order valence-corrected chi connectivity index (χ1v) is 9.12. The van der Waals surface area contributed by atoms with Crippen molar-refractivity contribution in [2.24, 2.45) is 11.5 Å². The maximum absolute atomic E-state index is 11.8. The molecule has 2 aromatic rings. The molecule has 6 N–H and O–H groups in total. The van der Waals surface area contributed by atoms with Crippen LogP contribution in [0.1, 0.15) is 30.6 Å². The predicted molar refractivity (Wildman–Crippen MR) is 109 cm³/mol. The Hall–Kier alpha value is -2.91. The number of hydrogen-bond acceptors (Lipinski definition) is 8. The van der Waals surface area contributed by atoms with Gasteiger partial charge in [0.25, 0.3) is 5.91 Å². The molecule has 9 heteroatoms. The summed E-state index contributed by atoms with van der Waals surface area (Å²) in [5, 5.41) is 6.36. The van der Waals surface area contributed by atoms with Crippen molar-refractivity contribution in [2.45, 2.75) is 32.4 Å². The minimum Gasteiger partial charge on any atom is -0.475 e. The number of carbonyl (C=O) groups is 1. The van der Waals surface area contributed by atoms with Crippen LogP contribution < -0.4 is 26.8 Å². The van der Waals surface area contributed by atoms with Crippen molar-refractivity contribution in [1.29, 1.82) is 0 Å². The molecule has 0 fully saturated rings. The van der Waals surface area contributed by atoms with Crippen molar-refractivity contribution >= 4 is 23.2 Å². The molecular formula is C19H28N6O3. The van der Waals surface area contributed by atoms with Gasteiger partial charge in [-0.15, -0.1) is 0 Å². The number of hydrogen-bond donors (Lipinski definition) is 4. The van der Waals surface area contributed by atoms with Crippen LogP contribution in [0.4, 0.5) is 17.3 Å². The van der Waals surface area contributed by atoms with Crippen molar-refractivity contribution in [1.82, 2.24) is 9.97 Å². The first kappa shape index (κ1) is 21.4. The Labute approximate surface area is 164 Å². The van der Waals surface area contributed by atoms with Crippen LogP contribution in [0.15, 0.2) is 30.5 Å². The van der Waals surface area contributed by atoms with Crippen LogP contribution in [-0.2, 0) is 4.74 Å². The minimum absolute atomic E-state index is 0.0129. The van der Waals surface area contributed by atoms with E-state index in [0.717, 1.165) is 6.42 Å². The van der Waals surface area contributed by atoms with Crippen LogP contribution >= 0.6 is 0 Å². The highest BCUT2D eigenvalue weighted by molar-refractivity contribution is 5.98. The van der Waals surface area contributed by atoms with Crippen LogP contribution in [0.2, 0.25) is 0 Å². The van der Waals surface area contributed by atoms with Crippen LogP contribution in [0, 0.1) is 0 Å². The largest absolute Gasteiger partial charge is 0.475 e. The number of rotatable bonds is 11. The molecule has 0 radical (unpaired) electrons. The molecule has 0 aliphatic rings. The first-order valence-electron chi connectivity index (χ1n) is 9.12. The maximum atomic E-state index is 11.8. The highest BCUT2D eigenvalue weighted by atomic mass is 16.5. The van der Waals surface area contributed by atoms with Gasteiger partial charge in [0, 0.05) is 37.1 Å². The number of carbonyl (C=O) groups excluding carboxylic acids is 1. The Bertz CT molecular complexity index is 786. The Morgan fingerprint density at radius 3 is 2.75 bits per heavy atom. The summed E-state index contributed by atoms with van der Waals surface area (Å²) in [6, 6.07) is 6.79. The second-order valence-electron chi connectivity index (χ2n) is 6.31. The second-order valence-corrected chi connectivity index (χ2v) is 6.31. The average Bonchev–Trinajstić information content (AvgIpc) is 2.67. The molecule has 0 saturated heterocycles. The molecule has 0 unspecified atom stereocenters. The lowest BCUT2D eigenvalue weighted by Gasteiger charge is -2.21. The van der Waals surface area contributed by atoms with Crippen LogP contribution in [0.5, 0.6) is 5.88 Å². The van der Waals surface area contributed by atoms with Crippen LogP contribution in [0.3, 0.4) is 0 Å². The summed E-state index contributed by atoms with van der Waals surface area (Å²) < 4.78 is 10.5. The Kier molecular flexibility index (Phi) is 7.97. The van der Waals surface area contributed by atoms with Crippen LogP contribution in [-0.4, -0.2) is 48.3 Å². The molecule has 28 heavy (non-hydrogen) atoms. The van der Waals surface area contributed by atoms with Gasteiger partial charge in [0.05, 0.1) is 12.2 Å². The van der Waals surface area contributed by atoms with Gasteiger partial charge in [-0.25, -0.2) is 9.97 Å². The summed E-state index contributed by atoms with van der Waals surface area (Å²) in [7, 11) is 1.60. The summed E-state index contributed by atoms with van der Waals surface area (Å²) in [6.45, 7) is 4.85. The van der Waals surface area contributed by atoms with Crippen molar-refractivity contribution in [3.8, 4) is 5.88 Å². The average molecular weight is 388 g/mol. The lowest BCUT2D eigenvalue weighted by molar-refractivity contribution is 0.100. The Balaban J connectivity index is 2.21. The zero-order valence-corrected chi connectivity index (χ0v) is 16.4. The summed E-state index contributed by atoms with van der Waals surface area (Å²) in [5.41, 5.74) is 12.5. The van der Waals surface area contributed by atoms with Gasteiger partial charge in [0.2, 0.25) is 5.88 Å². The second kappa shape index (κ2) is 10.4. The summed E-state index contributed by atoms with van der Waals surface area (Å²) in [6.07, 6.45) is 2.43. The summed E-state index contributed by atoms with van der Waals surface area (Å²) in [5.74, 6) is 0.781. The molecule has 2 atom stereocenters. The zero-order chi connectivity index (χ0) is 20.5. The Morgan fingerprint density at radius 1 is 1.29 bits per heavy atom. The molecule has 0 spiro atoms. The van der Waals surface area contributed by atoms with E-state index in [1.54, 1.807) is 37.6 Å². The number of anilines is 3. The predicted octanol–water partition coefficient (Wildman–Crippen LogP) is 1.88. The van der Waals surface area contributed by atoms with E-state index in [1.807, 2.05) is 13.8 Å². The van der Waals surface area contributed by atoms with Crippen molar-refractivity contribution in [3.05, 3.63) is 36.0 Å². The first-order chi connectivity index (χ1) is 13.4. The fourth-order valence-electron chi connectivity index (χ4n) is 2.46. The van der Waals surface area contributed by atoms with Gasteiger partial charge in [0.1, 0.15) is 18.2 Å². The molecule has 0 bridgehead atoms. The number of ether oxygens (including phenoxy) is 2. The monoisotopic (exact) mass is 388 g/mol. The third-order valence-corrected chi connectivity index (χ3v) is 4.18. The normalized spacial score (nSPS) is 12.9. The number of nitrogens with zero attached hydrogens (tertiary/aromatic N) is 2. The molecule has 1 amide bonds. The maximum Gasteiger partial charge on any atom is 0.252 e. The van der Waals surface area contributed by atoms with Gasteiger partial charge in [0.15, 0.2) is 0 Å². The van der Waals surface area contributed by atoms with E-state index in [0.29, 0.717) is 36.4 Å². The number of nitrogens with two attached hydrogens (primary N) is 2. The van der Waals surface area contributed by atoms with Crippen LogP contribution in [0.25, 0.3) is 0 Å². The zero-order valence-electron chi connectivity index (χ0n) is 16.4. The molecule has 9 nitrogen and oxygen atoms in total. The van der Waals surface area contributed by atoms with E-state index in [1.165, 1.54) is 0 Å². The Morgan fingerprint density at radius 2 is 2.07 bits per heavy atom. The van der Waals surface area contributed by atoms with Gasteiger partial charge in [-0.05, 0) is 31.5 Å². The summed E-state index contributed by atoms with van der Waals surface area (Å²) >= 11 is 0. The van der Waals surface area contributed by atoms with Crippen molar-refractivity contribution in [2.75, 3.05) is 31.0 Å². The van der Waals surface area contributed by atoms with E-state index in [2.05, 4.69) is 20.6 Å². The lowest BCUT2D eigenvalue weighted by Crippen LogP contribution is -2.37. The lowest BCUT2D eigenvalue weighted by atomic mass is 10.1. The standard InChI is InChI=1S/C19H28N6O3/c1-4-15(20)12(2)23-16-6-5-14(18(21)26)19(25-16)24-13-7-8-22-17(11-13)28-10-9-27-3/h5-8,11-12,15H,4,9-10,20H2,1-3H3,(H2,21,26)(H2,22,23,24,25)/t12-,15+/m1/s1. The third kappa shape index (κ3) is 6.07. The molecule has 0 saturated carbocycles. The number of aromatic nitrogens is 2. The smallest absolute Gasteiger partial charge is 0.252 e. The summed E-state index contributed by atoms with van der Waals surface area (Å²) in [4.78, 5) is 20.4. The van der Waals surface area contributed by atoms with E-state index in [9.17, 15) is 4.79 Å². The molecule has 2 aromatic heterocycles. The number of primary amides is 1. The fraction of sp³-hybridized carbons (Fsp3) is 0.421. The van der Waals surface area contributed by atoms with Gasteiger partial charge in [-0.1, -0.05) is 6.92 Å². The van der Waals surface area contributed by atoms with E-state index >= 15 is 0 Å². The van der Waals surface area contributed by atoms with E-state index in [-0.39, 0.29) is 17.6 Å². The highest BCUT2D eigenvalue weighted by Gasteiger charge is 2.15. The highest BCUT2D eigenvalue weighted by Crippen LogP contribution is 2.23. The van der Waals surface area contributed by atoms with Crippen molar-refractivity contribution < 1.29 is 14.3 Å². The fourth-order valence-corrected chi connectivity index (χ4v) is 2.46. The van der Waals surface area contributed by atoms with Gasteiger partial charge in [-0.2, -0.15) is 0 Å². The molecule has 0 aliphatic heterocycles. The quantitative estimate of drug-likeness (QED) is 0.428. The van der Waals surface area contributed by atoms with E-state index < -0.39 is 5.91 Å². The molecule has 0 aromatic carbocycles. The molecule has 2 heterocycles. The number of methoxy groups -OCH3 is 1. The van der Waals surface area contributed by atoms with E-state index in [4.69, 9.17) is 20.9 Å². The number of nitrogens with one attached hydrogen (secondary N) is 2. The molecule has 152 valence electrons. The third-order valence-electron chi connectivity index (χ3n) is 4.18.